The lowest BCUT2D eigenvalue weighted by Crippen LogP contribution is -2.61. The van der Waals surface area contributed by atoms with Gasteiger partial charge in [-0.15, -0.1) is 0 Å². The van der Waals surface area contributed by atoms with Crippen LogP contribution in [0.25, 0.3) is 0 Å². The standard InChI is InChI=1S/C71H126N2O21/c1-35(2)28-53-68(90)59(70(92)73(53)16)66(88)40(8)23-27-51(77)32-49(75)25-21-38(6)63(85)44(12)54(79)18-17-19-55(80)45(13)65(87)42(10)29-41(9)62(84)43(11)30-56(81)57(82)33-52(78)34-58(94-71-69(91)60(72)67(89)47(15)93-71)37(5)20-24-48(74)31-50(76)26-22-39(7)64(86)46(14)61(83)36(3)4/h23,28-30,35-39,41,44-52,54-58,60-61,63-65,67,69,71,74-83,85-89,91H,17-22,24-27,31-34,72H2,1-16H3/b40-23+,42-29+,43-30+,53-28-,66-59?/t37-,38+,39-,41-,44+,45-,46-,47+,48+,49-,50+,51-,52+,54-,55-,56+,57+,58-,60-,61-,63+,64+,65-,67-,69+,71-/m0/s1. The summed E-state index contributed by atoms with van der Waals surface area (Å²) in [7, 11) is 1.46. The molecule has 2 fully saturated rings. The van der Waals surface area contributed by atoms with Crippen LogP contribution in [0.1, 0.15) is 194 Å². The topological polar surface area (TPSA) is 423 Å². The lowest BCUT2D eigenvalue weighted by atomic mass is 9.82. The number of aliphatic hydroxyl groups is 16. The van der Waals surface area contributed by atoms with E-state index in [1.807, 2.05) is 34.6 Å². The summed E-state index contributed by atoms with van der Waals surface area (Å²) in [5.74, 6) is -5.57. The number of carbonyl (C=O) groups is 3. The second-order valence-electron chi connectivity index (χ2n) is 28.9. The van der Waals surface area contributed by atoms with Gasteiger partial charge in [0.25, 0.3) is 5.91 Å². The number of nitrogens with two attached hydrogens (primary N) is 1. The summed E-state index contributed by atoms with van der Waals surface area (Å²) < 4.78 is 12.0. The third-order valence-electron chi connectivity index (χ3n) is 19.7. The monoisotopic (exact) mass is 1340 g/mol. The highest BCUT2D eigenvalue weighted by atomic mass is 16.7. The summed E-state index contributed by atoms with van der Waals surface area (Å²) >= 11 is 0. The van der Waals surface area contributed by atoms with Crippen molar-refractivity contribution in [2.75, 3.05) is 7.05 Å². The van der Waals surface area contributed by atoms with Crippen LogP contribution in [0.2, 0.25) is 0 Å². The van der Waals surface area contributed by atoms with E-state index in [-0.39, 0.29) is 110 Å². The third kappa shape index (κ3) is 27.0. The van der Waals surface area contributed by atoms with Crippen LogP contribution in [0.5, 0.6) is 0 Å². The van der Waals surface area contributed by atoms with Crippen molar-refractivity contribution in [3.05, 3.63) is 58.1 Å². The number of amides is 1. The molecule has 26 atom stereocenters. The van der Waals surface area contributed by atoms with Crippen molar-refractivity contribution in [2.45, 2.75) is 310 Å². The van der Waals surface area contributed by atoms with E-state index in [4.69, 9.17) is 15.2 Å². The Bertz CT molecular complexity index is 2450. The first kappa shape index (κ1) is 86.7. The highest BCUT2D eigenvalue weighted by Gasteiger charge is 2.44. The molecule has 23 heteroatoms. The fourth-order valence-corrected chi connectivity index (χ4v) is 12.6. The van der Waals surface area contributed by atoms with E-state index in [9.17, 15) is 96.1 Å². The summed E-state index contributed by atoms with van der Waals surface area (Å²) in [6, 6.07) is -1.12. The Kier molecular flexibility index (Phi) is 38.0. The van der Waals surface area contributed by atoms with Gasteiger partial charge in [0.15, 0.2) is 12.1 Å². The molecule has 546 valence electrons. The van der Waals surface area contributed by atoms with Gasteiger partial charge in [0, 0.05) is 37.1 Å². The molecule has 0 spiro atoms. The number of hydrogen-bond donors (Lipinski definition) is 17. The molecule has 0 unspecified atom stereocenters. The number of hydrogen-bond acceptors (Lipinski definition) is 22. The largest absolute Gasteiger partial charge is 0.507 e. The zero-order valence-electron chi connectivity index (χ0n) is 59.1. The molecule has 2 rings (SSSR count). The van der Waals surface area contributed by atoms with Crippen LogP contribution in [0.15, 0.2) is 58.1 Å². The Hall–Kier alpha value is -3.41. The van der Waals surface area contributed by atoms with E-state index in [1.54, 1.807) is 67.5 Å². The Morgan fingerprint density at radius 1 is 0.596 bits per heavy atom. The minimum atomic E-state index is -1.61. The Morgan fingerprint density at radius 3 is 1.62 bits per heavy atom. The summed E-state index contributed by atoms with van der Waals surface area (Å²) in [5, 5.41) is 175. The van der Waals surface area contributed by atoms with Gasteiger partial charge >= 0.3 is 0 Å². The van der Waals surface area contributed by atoms with E-state index in [0.717, 1.165) is 0 Å². The molecular formula is C71H126N2O21. The predicted octanol–water partition coefficient (Wildman–Crippen LogP) is 4.23. The number of ether oxygens (including phenoxy) is 2. The van der Waals surface area contributed by atoms with E-state index < -0.39 is 163 Å². The Morgan fingerprint density at radius 2 is 1.10 bits per heavy atom. The zero-order chi connectivity index (χ0) is 72.1. The molecule has 0 aromatic rings. The van der Waals surface area contributed by atoms with Gasteiger partial charge in [-0.2, -0.15) is 0 Å². The lowest BCUT2D eigenvalue weighted by molar-refractivity contribution is -0.287. The van der Waals surface area contributed by atoms with Crippen molar-refractivity contribution >= 4 is 17.5 Å². The van der Waals surface area contributed by atoms with E-state index in [2.05, 4.69) is 0 Å². The highest BCUT2D eigenvalue weighted by Crippen LogP contribution is 2.33. The minimum Gasteiger partial charge on any atom is -0.507 e. The number of ketones is 2. The van der Waals surface area contributed by atoms with Gasteiger partial charge in [-0.25, -0.2) is 0 Å². The molecule has 2 saturated heterocycles. The summed E-state index contributed by atoms with van der Waals surface area (Å²) in [6.07, 6.45) is -11.3. The normalized spacial score (nSPS) is 26.7. The zero-order valence-corrected chi connectivity index (χ0v) is 59.1. The fraction of sp³-hybridized carbons (Fsp3) is 0.817. The summed E-state index contributed by atoms with van der Waals surface area (Å²) in [4.78, 5) is 40.5. The van der Waals surface area contributed by atoms with Crippen LogP contribution in [-0.2, 0) is 23.9 Å². The van der Waals surface area contributed by atoms with Crippen molar-refractivity contribution in [2.24, 2.45) is 59.0 Å². The molecular weight excluding hydrogens is 1220 g/mol. The predicted molar refractivity (Wildman–Crippen MR) is 358 cm³/mol. The molecule has 2 aliphatic rings. The third-order valence-corrected chi connectivity index (χ3v) is 19.7. The molecule has 0 aliphatic carbocycles. The number of likely N-dealkylation sites (N-methyl/N-ethyl adjacent to an activating group) is 1. The van der Waals surface area contributed by atoms with Gasteiger partial charge in [-0.3, -0.25) is 14.4 Å². The van der Waals surface area contributed by atoms with Gasteiger partial charge < -0.3 is 102 Å². The molecule has 94 heavy (non-hydrogen) atoms. The molecule has 2 aliphatic heterocycles. The van der Waals surface area contributed by atoms with Crippen molar-refractivity contribution < 1.29 is 106 Å². The van der Waals surface area contributed by atoms with Crippen LogP contribution in [0, 0.1) is 53.3 Å². The number of Topliss-reactive ketones (excluding diaryl/α,β-unsaturated/α-hetero) is 2. The van der Waals surface area contributed by atoms with Crippen molar-refractivity contribution in [1.82, 2.24) is 4.90 Å². The molecule has 0 bridgehead atoms. The first-order valence-electron chi connectivity index (χ1n) is 34.4. The number of rotatable bonds is 43. The van der Waals surface area contributed by atoms with Crippen molar-refractivity contribution in [3.8, 4) is 0 Å². The minimum absolute atomic E-state index is 0.00698. The van der Waals surface area contributed by atoms with Crippen LogP contribution >= 0.6 is 0 Å². The quantitative estimate of drug-likeness (QED) is 0.0176. The molecule has 23 nitrogen and oxygen atoms in total. The number of carbonyl (C=O) groups excluding carboxylic acids is 3. The SMILES string of the molecule is C/C(=C\[C@@H](O)[C@H](O)C[C@@H](O)C[C@H](O[C@@H]1O[C@H](C)[C@H](O)[C@H](N)[C@H]1O)[C@@H](C)CC[C@@H](O)C[C@H](O)CC[C@H](C)[C@@H](O)[C@@H](C)[C@@H](O)C(C)C)C(=O)[C@@H](C)/C=C(\C)[C@H](O)[C@@H](C)[C@@H](O)CCC[C@H](O)[C@@H](C)[C@H](O)[C@H](C)CC[C@H](O)C[C@@H](O)C/C=C(\C)C(O)=C1C(=O)/C(=C/C(C)C)N(C)C1=O. The lowest BCUT2D eigenvalue weighted by Gasteiger charge is -2.42. The average molecular weight is 1340 g/mol. The van der Waals surface area contributed by atoms with Gasteiger partial charge in [0.05, 0.1) is 109 Å². The number of aliphatic hydroxyl groups excluding tert-OH is 16. The Balaban J connectivity index is 1.95. The summed E-state index contributed by atoms with van der Waals surface area (Å²) in [6.45, 7) is 25.8. The second kappa shape index (κ2) is 41.2. The van der Waals surface area contributed by atoms with Crippen LogP contribution < -0.4 is 5.73 Å². The number of likely N-dealkylation sites (tertiary alicyclic amines) is 1. The van der Waals surface area contributed by atoms with Crippen LogP contribution in [0.3, 0.4) is 0 Å². The molecule has 0 saturated carbocycles. The van der Waals surface area contributed by atoms with E-state index in [1.165, 1.54) is 37.9 Å². The van der Waals surface area contributed by atoms with Crippen LogP contribution in [0.4, 0.5) is 0 Å². The highest BCUT2D eigenvalue weighted by molar-refractivity contribution is 6.32. The van der Waals surface area contributed by atoms with E-state index in [0.29, 0.717) is 37.7 Å². The first-order chi connectivity index (χ1) is 43.5. The molecule has 2 heterocycles. The molecule has 0 radical (unpaired) electrons. The van der Waals surface area contributed by atoms with Gasteiger partial charge in [-0.1, -0.05) is 94.4 Å². The Labute approximate surface area is 559 Å². The smallest absolute Gasteiger partial charge is 0.265 e. The maximum atomic E-state index is 13.6. The molecule has 18 N–H and O–H groups in total. The summed E-state index contributed by atoms with van der Waals surface area (Å²) in [5.41, 5.74) is 6.65. The van der Waals surface area contributed by atoms with Gasteiger partial charge in [0.1, 0.15) is 17.4 Å². The van der Waals surface area contributed by atoms with Crippen molar-refractivity contribution in [3.63, 3.8) is 0 Å². The number of allylic oxidation sites excluding steroid dienone is 5. The molecule has 0 aromatic carbocycles. The number of nitrogens with zero attached hydrogens (tertiary/aromatic N) is 1. The average Bonchev–Trinajstić information content (AvgIpc) is 1.61. The van der Waals surface area contributed by atoms with Gasteiger partial charge in [0.2, 0.25) is 5.78 Å². The van der Waals surface area contributed by atoms with Gasteiger partial charge in [-0.05, 0) is 164 Å². The maximum Gasteiger partial charge on any atom is 0.265 e. The molecule has 1 amide bonds. The van der Waals surface area contributed by atoms with Crippen LogP contribution in [-0.4, -0.2) is 227 Å². The first-order valence-corrected chi connectivity index (χ1v) is 34.4. The maximum absolute atomic E-state index is 13.6. The second-order valence-corrected chi connectivity index (χ2v) is 28.9. The fourth-order valence-electron chi connectivity index (χ4n) is 12.6. The molecule has 0 aromatic heterocycles. The van der Waals surface area contributed by atoms with Crippen molar-refractivity contribution in [1.29, 1.82) is 0 Å². The van der Waals surface area contributed by atoms with E-state index >= 15 is 0 Å².